The molecule has 25 heavy (non-hydrogen) atoms. The fraction of sp³-hybridized carbons (Fsp3) is 0.125. The summed E-state index contributed by atoms with van der Waals surface area (Å²) in [5.74, 6) is 0. The van der Waals surface area contributed by atoms with Crippen molar-refractivity contribution < 1.29 is 18.0 Å². The summed E-state index contributed by atoms with van der Waals surface area (Å²) >= 11 is 1.35. The molecule has 0 atom stereocenters. The van der Waals surface area contributed by atoms with Crippen molar-refractivity contribution >= 4 is 38.4 Å². The minimum absolute atomic E-state index is 0.315. The fourth-order valence-corrected chi connectivity index (χ4v) is 3.08. The van der Waals surface area contributed by atoms with Gasteiger partial charge in [0.25, 0.3) is 0 Å². The normalized spacial score (nSPS) is 11.4. The SMILES string of the molecule is CN(NC(=O)Nc1ccccc1C(F)(F)F)c1nc2ccccc2s1. The Balaban J connectivity index is 1.72. The van der Waals surface area contributed by atoms with Gasteiger partial charge in [-0.15, -0.1) is 0 Å². The van der Waals surface area contributed by atoms with Gasteiger partial charge in [-0.3, -0.25) is 5.01 Å². The molecule has 1 heterocycles. The summed E-state index contributed by atoms with van der Waals surface area (Å²) in [5.41, 5.74) is 2.00. The number of benzene rings is 2. The number of urea groups is 1. The average molecular weight is 366 g/mol. The molecular formula is C16H13F3N4OS. The molecule has 0 unspecified atom stereocenters. The van der Waals surface area contributed by atoms with Crippen molar-refractivity contribution in [3.63, 3.8) is 0 Å². The van der Waals surface area contributed by atoms with Crippen molar-refractivity contribution in [3.8, 4) is 0 Å². The first-order valence-electron chi connectivity index (χ1n) is 7.18. The third kappa shape index (κ3) is 3.82. The van der Waals surface area contributed by atoms with Crippen LogP contribution in [-0.4, -0.2) is 18.1 Å². The van der Waals surface area contributed by atoms with E-state index in [9.17, 15) is 18.0 Å². The number of anilines is 2. The van der Waals surface area contributed by atoms with E-state index in [1.807, 2.05) is 24.3 Å². The lowest BCUT2D eigenvalue weighted by molar-refractivity contribution is -0.136. The maximum atomic E-state index is 13.0. The monoisotopic (exact) mass is 366 g/mol. The van der Waals surface area contributed by atoms with Crippen LogP contribution in [0.5, 0.6) is 0 Å². The zero-order valence-electron chi connectivity index (χ0n) is 13.0. The highest BCUT2D eigenvalue weighted by Gasteiger charge is 2.33. The smallest absolute Gasteiger partial charge is 0.306 e. The molecule has 2 amide bonds. The van der Waals surface area contributed by atoms with Gasteiger partial charge < -0.3 is 5.32 Å². The number of hydrazine groups is 1. The van der Waals surface area contributed by atoms with Crippen molar-refractivity contribution in [2.24, 2.45) is 0 Å². The van der Waals surface area contributed by atoms with Gasteiger partial charge in [0.15, 0.2) is 0 Å². The number of hydrogen-bond acceptors (Lipinski definition) is 4. The van der Waals surface area contributed by atoms with Crippen LogP contribution in [-0.2, 0) is 6.18 Å². The molecule has 0 fully saturated rings. The maximum Gasteiger partial charge on any atom is 0.418 e. The first-order valence-corrected chi connectivity index (χ1v) is 7.99. The van der Waals surface area contributed by atoms with E-state index in [4.69, 9.17) is 0 Å². The molecule has 0 saturated heterocycles. The van der Waals surface area contributed by atoms with Gasteiger partial charge in [0.05, 0.1) is 21.5 Å². The molecule has 0 aliphatic rings. The van der Waals surface area contributed by atoms with Gasteiger partial charge in [-0.05, 0) is 24.3 Å². The summed E-state index contributed by atoms with van der Waals surface area (Å²) in [4.78, 5) is 16.4. The number of amides is 2. The lowest BCUT2D eigenvalue weighted by Gasteiger charge is -2.19. The van der Waals surface area contributed by atoms with Gasteiger partial charge in [0.1, 0.15) is 0 Å². The minimum atomic E-state index is -4.55. The van der Waals surface area contributed by atoms with E-state index in [2.05, 4.69) is 15.7 Å². The summed E-state index contributed by atoms with van der Waals surface area (Å²) in [7, 11) is 1.56. The van der Waals surface area contributed by atoms with E-state index in [1.54, 1.807) is 7.05 Å². The number of hydrogen-bond donors (Lipinski definition) is 2. The number of carbonyl (C=O) groups excluding carboxylic acids is 1. The van der Waals surface area contributed by atoms with Crippen LogP contribution < -0.4 is 15.8 Å². The van der Waals surface area contributed by atoms with Gasteiger partial charge >= 0.3 is 12.2 Å². The second kappa shape index (κ2) is 6.60. The van der Waals surface area contributed by atoms with Crippen LogP contribution in [0, 0.1) is 0 Å². The van der Waals surface area contributed by atoms with Gasteiger partial charge in [0, 0.05) is 7.05 Å². The lowest BCUT2D eigenvalue weighted by Crippen LogP contribution is -2.42. The Morgan fingerprint density at radius 2 is 1.80 bits per heavy atom. The summed E-state index contributed by atoms with van der Waals surface area (Å²) < 4.78 is 39.8. The number of aromatic nitrogens is 1. The summed E-state index contributed by atoms with van der Waals surface area (Å²) in [6.07, 6.45) is -4.55. The molecule has 0 aliphatic heterocycles. The zero-order valence-corrected chi connectivity index (χ0v) is 13.8. The van der Waals surface area contributed by atoms with Crippen LogP contribution >= 0.6 is 11.3 Å². The Kier molecular flexibility index (Phi) is 4.49. The first kappa shape index (κ1) is 17.0. The van der Waals surface area contributed by atoms with Gasteiger partial charge in [-0.1, -0.05) is 35.6 Å². The molecule has 3 aromatic rings. The average Bonchev–Trinajstić information content (AvgIpc) is 2.98. The number of halogens is 3. The molecule has 0 saturated carbocycles. The summed E-state index contributed by atoms with van der Waals surface area (Å²) in [6.45, 7) is 0. The molecule has 2 aromatic carbocycles. The largest absolute Gasteiger partial charge is 0.418 e. The topological polar surface area (TPSA) is 57.3 Å². The molecular weight excluding hydrogens is 353 g/mol. The second-order valence-corrected chi connectivity index (χ2v) is 6.14. The number of nitrogens with zero attached hydrogens (tertiary/aromatic N) is 2. The Hall–Kier alpha value is -2.81. The van der Waals surface area contributed by atoms with Crippen LogP contribution in [0.25, 0.3) is 10.2 Å². The van der Waals surface area contributed by atoms with E-state index in [-0.39, 0.29) is 5.69 Å². The van der Waals surface area contributed by atoms with Crippen LogP contribution in [0.1, 0.15) is 5.56 Å². The molecule has 0 spiro atoms. The highest BCUT2D eigenvalue weighted by Crippen LogP contribution is 2.34. The molecule has 0 aliphatic carbocycles. The highest BCUT2D eigenvalue weighted by molar-refractivity contribution is 7.22. The van der Waals surface area contributed by atoms with E-state index < -0.39 is 17.8 Å². The van der Waals surface area contributed by atoms with Crippen molar-refractivity contribution in [1.29, 1.82) is 0 Å². The van der Waals surface area contributed by atoms with Gasteiger partial charge in [-0.25, -0.2) is 15.2 Å². The predicted octanol–water partition coefficient (Wildman–Crippen LogP) is 4.49. The van der Waals surface area contributed by atoms with Gasteiger partial charge in [0.2, 0.25) is 5.13 Å². The summed E-state index contributed by atoms with van der Waals surface area (Å²) in [5, 5.41) is 4.09. The van der Waals surface area contributed by atoms with Crippen LogP contribution in [0.4, 0.5) is 28.8 Å². The molecule has 2 N–H and O–H groups in total. The van der Waals surface area contributed by atoms with Crippen molar-refractivity contribution in [3.05, 3.63) is 54.1 Å². The molecule has 130 valence electrons. The Morgan fingerprint density at radius 3 is 2.52 bits per heavy atom. The van der Waals surface area contributed by atoms with E-state index in [0.717, 1.165) is 16.3 Å². The van der Waals surface area contributed by atoms with Crippen molar-refractivity contribution in [1.82, 2.24) is 10.4 Å². The molecule has 0 radical (unpaired) electrons. The Morgan fingerprint density at radius 1 is 1.12 bits per heavy atom. The quantitative estimate of drug-likeness (QED) is 0.672. The number of fused-ring (bicyclic) bond motifs is 1. The van der Waals surface area contributed by atoms with Gasteiger partial charge in [-0.2, -0.15) is 13.2 Å². The van der Waals surface area contributed by atoms with E-state index in [1.165, 1.54) is 34.5 Å². The standard InChI is InChI=1S/C16H13F3N4OS/c1-23(15-21-12-8-4-5-9-13(12)25-15)22-14(24)20-11-7-3-2-6-10(11)16(17,18)19/h2-9H,1H3,(H2,20,22,24). The number of thiazole rings is 1. The highest BCUT2D eigenvalue weighted by atomic mass is 32.1. The van der Waals surface area contributed by atoms with Crippen LogP contribution in [0.15, 0.2) is 48.5 Å². The number of alkyl halides is 3. The molecule has 5 nitrogen and oxygen atoms in total. The van der Waals surface area contributed by atoms with Crippen LogP contribution in [0.2, 0.25) is 0 Å². The lowest BCUT2D eigenvalue weighted by atomic mass is 10.1. The predicted molar refractivity (Wildman–Crippen MR) is 91.6 cm³/mol. The molecule has 3 rings (SSSR count). The number of carbonyl (C=O) groups is 1. The zero-order chi connectivity index (χ0) is 18.0. The Bertz CT molecular complexity index is 877. The Labute approximate surface area is 145 Å². The first-order chi connectivity index (χ1) is 11.8. The maximum absolute atomic E-state index is 13.0. The molecule has 1 aromatic heterocycles. The second-order valence-electron chi connectivity index (χ2n) is 5.13. The number of nitrogens with one attached hydrogen (secondary N) is 2. The number of rotatable bonds is 3. The van der Waals surface area contributed by atoms with E-state index >= 15 is 0 Å². The van der Waals surface area contributed by atoms with E-state index in [0.29, 0.717) is 5.13 Å². The minimum Gasteiger partial charge on any atom is -0.306 e. The molecule has 0 bridgehead atoms. The van der Waals surface area contributed by atoms with Crippen molar-refractivity contribution in [2.75, 3.05) is 17.4 Å². The third-order valence-electron chi connectivity index (χ3n) is 3.32. The van der Waals surface area contributed by atoms with Crippen molar-refractivity contribution in [2.45, 2.75) is 6.18 Å². The fourth-order valence-electron chi connectivity index (χ4n) is 2.19. The van der Waals surface area contributed by atoms with Crippen LogP contribution in [0.3, 0.4) is 0 Å². The third-order valence-corrected chi connectivity index (χ3v) is 4.43. The molecule has 9 heteroatoms. The summed E-state index contributed by atoms with van der Waals surface area (Å²) in [6, 6.07) is 11.4. The number of para-hydroxylation sites is 2.